The lowest BCUT2D eigenvalue weighted by Crippen LogP contribution is -2.20. The van der Waals surface area contributed by atoms with Gasteiger partial charge in [-0.2, -0.15) is 5.26 Å². The summed E-state index contributed by atoms with van der Waals surface area (Å²) in [5, 5.41) is 21.8. The number of nitrogens with zero attached hydrogens (tertiary/aromatic N) is 1. The summed E-state index contributed by atoms with van der Waals surface area (Å²) in [6.45, 7) is -0.456. The van der Waals surface area contributed by atoms with Crippen LogP contribution in [0.5, 0.6) is 5.75 Å². The van der Waals surface area contributed by atoms with E-state index >= 15 is 0 Å². The molecule has 1 aliphatic carbocycles. The lowest BCUT2D eigenvalue weighted by Gasteiger charge is -2.06. The Bertz CT molecular complexity index is 851. The van der Waals surface area contributed by atoms with Crippen LogP contribution in [0, 0.1) is 11.3 Å². The molecule has 0 unspecified atom stereocenters. The molecule has 0 radical (unpaired) electrons. The third-order valence-corrected chi connectivity index (χ3v) is 4.91. The first-order valence-electron chi connectivity index (χ1n) is 7.39. The molecule has 2 aromatic rings. The fourth-order valence-electron chi connectivity index (χ4n) is 2.62. The van der Waals surface area contributed by atoms with Gasteiger partial charge in [-0.3, -0.25) is 4.79 Å². The van der Waals surface area contributed by atoms with Crippen LogP contribution in [0.1, 0.15) is 32.8 Å². The van der Waals surface area contributed by atoms with Crippen LogP contribution in [0.25, 0.3) is 0 Å². The Morgan fingerprint density at radius 1 is 1.38 bits per heavy atom. The highest BCUT2D eigenvalue weighted by Crippen LogP contribution is 2.38. The van der Waals surface area contributed by atoms with Gasteiger partial charge in [-0.15, -0.1) is 11.3 Å². The van der Waals surface area contributed by atoms with Crippen LogP contribution < -0.4 is 5.32 Å². The number of aryl methyl sites for hydroxylation is 1. The van der Waals surface area contributed by atoms with E-state index in [-0.39, 0.29) is 11.3 Å². The van der Waals surface area contributed by atoms with Crippen LogP contribution in [0.4, 0.5) is 5.00 Å². The van der Waals surface area contributed by atoms with Crippen molar-refractivity contribution in [2.45, 2.75) is 19.3 Å². The van der Waals surface area contributed by atoms with Gasteiger partial charge in [0.05, 0.1) is 11.1 Å². The van der Waals surface area contributed by atoms with Crippen molar-refractivity contribution >= 4 is 28.2 Å². The molecule has 0 atom stereocenters. The van der Waals surface area contributed by atoms with Crippen LogP contribution in [0.2, 0.25) is 0 Å². The van der Waals surface area contributed by atoms with E-state index in [1.165, 1.54) is 35.6 Å². The summed E-state index contributed by atoms with van der Waals surface area (Å²) in [5.41, 5.74) is 1.70. The molecule has 1 amide bonds. The normalized spacial score (nSPS) is 12.3. The average Bonchev–Trinajstić information content (AvgIpc) is 3.13. The number of nitrogens with one attached hydrogen (secondary N) is 1. The van der Waals surface area contributed by atoms with Crippen molar-refractivity contribution in [2.75, 3.05) is 11.9 Å². The average molecular weight is 342 g/mol. The number of amides is 1. The van der Waals surface area contributed by atoms with E-state index in [4.69, 9.17) is 4.74 Å². The number of carbonyl (C=O) groups is 2. The number of hydrogen-bond acceptors (Lipinski definition) is 6. The number of nitriles is 1. The Labute approximate surface area is 142 Å². The lowest BCUT2D eigenvalue weighted by atomic mass is 10.1. The molecule has 2 N–H and O–H groups in total. The maximum Gasteiger partial charge on any atom is 0.338 e. The maximum absolute atomic E-state index is 12.0. The summed E-state index contributed by atoms with van der Waals surface area (Å²) < 4.78 is 4.93. The first-order chi connectivity index (χ1) is 11.6. The summed E-state index contributed by atoms with van der Waals surface area (Å²) in [4.78, 5) is 24.9. The van der Waals surface area contributed by atoms with Crippen LogP contribution in [0.3, 0.4) is 0 Å². The number of esters is 1. The number of aromatic hydroxyl groups is 1. The fourth-order valence-corrected chi connectivity index (χ4v) is 3.88. The molecule has 0 aliphatic heterocycles. The summed E-state index contributed by atoms with van der Waals surface area (Å²) in [6, 6.07) is 7.83. The molecular formula is C17H14N2O4S. The molecule has 1 heterocycles. The van der Waals surface area contributed by atoms with Crippen molar-refractivity contribution in [2.24, 2.45) is 0 Å². The number of phenols is 1. The molecule has 0 spiro atoms. The lowest BCUT2D eigenvalue weighted by molar-refractivity contribution is -0.119. The SMILES string of the molecule is N#Cc1c(NC(=O)COC(=O)c2cccc(O)c2)sc2c1CCC2. The Morgan fingerprint density at radius 2 is 2.21 bits per heavy atom. The zero-order valence-electron chi connectivity index (χ0n) is 12.7. The highest BCUT2D eigenvalue weighted by molar-refractivity contribution is 7.16. The number of hydrogen-bond donors (Lipinski definition) is 2. The molecule has 0 saturated heterocycles. The summed E-state index contributed by atoms with van der Waals surface area (Å²) in [7, 11) is 0. The number of ether oxygens (including phenoxy) is 1. The molecular weight excluding hydrogens is 328 g/mol. The molecule has 0 bridgehead atoms. The van der Waals surface area contributed by atoms with Crippen molar-refractivity contribution in [3.8, 4) is 11.8 Å². The standard InChI is InChI=1S/C17H14N2O4S/c18-8-13-12-5-2-6-14(12)24-16(13)19-15(21)9-23-17(22)10-3-1-4-11(20)7-10/h1,3-4,7,20H,2,5-6,9H2,(H,19,21). The van der Waals surface area contributed by atoms with Gasteiger partial charge in [0.15, 0.2) is 6.61 Å². The van der Waals surface area contributed by atoms with E-state index in [1.807, 2.05) is 0 Å². The van der Waals surface area contributed by atoms with Gasteiger partial charge in [0.2, 0.25) is 0 Å². The predicted octanol–water partition coefficient (Wildman–Crippen LogP) is 2.61. The van der Waals surface area contributed by atoms with Crippen LogP contribution in [-0.4, -0.2) is 23.6 Å². The van der Waals surface area contributed by atoms with E-state index in [2.05, 4.69) is 11.4 Å². The Morgan fingerprint density at radius 3 is 2.96 bits per heavy atom. The van der Waals surface area contributed by atoms with Gasteiger partial charge in [0.1, 0.15) is 16.8 Å². The maximum atomic E-state index is 12.0. The molecule has 0 fully saturated rings. The Kier molecular flexibility index (Phi) is 4.49. The fraction of sp³-hybridized carbons (Fsp3) is 0.235. The molecule has 7 heteroatoms. The first kappa shape index (κ1) is 16.0. The van der Waals surface area contributed by atoms with Crippen molar-refractivity contribution in [1.29, 1.82) is 5.26 Å². The van der Waals surface area contributed by atoms with Crippen molar-refractivity contribution in [1.82, 2.24) is 0 Å². The third kappa shape index (κ3) is 3.24. The minimum Gasteiger partial charge on any atom is -0.508 e. The highest BCUT2D eigenvalue weighted by Gasteiger charge is 2.23. The molecule has 1 aromatic heterocycles. The Hall–Kier alpha value is -2.85. The van der Waals surface area contributed by atoms with Gasteiger partial charge in [-0.05, 0) is 43.0 Å². The number of phenolic OH excluding ortho intramolecular Hbond substituents is 1. The molecule has 1 aromatic carbocycles. The van der Waals surface area contributed by atoms with Gasteiger partial charge >= 0.3 is 5.97 Å². The second-order valence-corrected chi connectivity index (χ2v) is 6.45. The molecule has 0 saturated carbocycles. The first-order valence-corrected chi connectivity index (χ1v) is 8.21. The third-order valence-electron chi connectivity index (χ3n) is 3.70. The predicted molar refractivity (Wildman–Crippen MR) is 88.1 cm³/mol. The van der Waals surface area contributed by atoms with Gasteiger partial charge in [-0.25, -0.2) is 4.79 Å². The van der Waals surface area contributed by atoms with Gasteiger partial charge in [0, 0.05) is 4.88 Å². The highest BCUT2D eigenvalue weighted by atomic mass is 32.1. The second kappa shape index (κ2) is 6.72. The van der Waals surface area contributed by atoms with Crippen LogP contribution >= 0.6 is 11.3 Å². The number of carbonyl (C=O) groups excluding carboxylic acids is 2. The number of rotatable bonds is 4. The molecule has 6 nitrogen and oxygen atoms in total. The second-order valence-electron chi connectivity index (χ2n) is 5.35. The zero-order valence-corrected chi connectivity index (χ0v) is 13.5. The zero-order chi connectivity index (χ0) is 17.1. The summed E-state index contributed by atoms with van der Waals surface area (Å²) in [5.74, 6) is -1.25. The van der Waals surface area contributed by atoms with Gasteiger partial charge in [-0.1, -0.05) is 6.07 Å². The minimum atomic E-state index is -0.699. The van der Waals surface area contributed by atoms with Crippen LogP contribution in [0.15, 0.2) is 24.3 Å². The topological polar surface area (TPSA) is 99.4 Å². The quantitative estimate of drug-likeness (QED) is 0.832. The van der Waals surface area contributed by atoms with E-state index in [0.717, 1.165) is 29.7 Å². The summed E-state index contributed by atoms with van der Waals surface area (Å²) >= 11 is 1.41. The van der Waals surface area contributed by atoms with Gasteiger partial charge < -0.3 is 15.2 Å². The van der Waals surface area contributed by atoms with E-state index in [0.29, 0.717) is 10.6 Å². The van der Waals surface area contributed by atoms with Crippen LogP contribution in [-0.2, 0) is 22.4 Å². The van der Waals surface area contributed by atoms with Crippen molar-refractivity contribution in [3.63, 3.8) is 0 Å². The van der Waals surface area contributed by atoms with E-state index in [1.54, 1.807) is 0 Å². The number of fused-ring (bicyclic) bond motifs is 1. The Balaban J connectivity index is 1.61. The number of benzene rings is 1. The smallest absolute Gasteiger partial charge is 0.338 e. The number of thiophene rings is 1. The molecule has 122 valence electrons. The van der Waals surface area contributed by atoms with E-state index < -0.39 is 18.5 Å². The molecule has 24 heavy (non-hydrogen) atoms. The number of anilines is 1. The molecule has 3 rings (SSSR count). The van der Waals surface area contributed by atoms with E-state index in [9.17, 15) is 20.0 Å². The monoisotopic (exact) mass is 342 g/mol. The summed E-state index contributed by atoms with van der Waals surface area (Å²) in [6.07, 6.45) is 2.82. The largest absolute Gasteiger partial charge is 0.508 e. The minimum absolute atomic E-state index is 0.0549. The van der Waals surface area contributed by atoms with Crippen molar-refractivity contribution in [3.05, 3.63) is 45.8 Å². The molecule has 1 aliphatic rings. The van der Waals surface area contributed by atoms with Gasteiger partial charge in [0.25, 0.3) is 5.91 Å². The van der Waals surface area contributed by atoms with Crippen molar-refractivity contribution < 1.29 is 19.4 Å².